The SMILES string of the molecule is O=S(=O)(c1cc(CCl)oc1Br)N1CCOCC1. The van der Waals surface area contributed by atoms with Gasteiger partial charge in [-0.1, -0.05) is 0 Å². The number of rotatable bonds is 3. The van der Waals surface area contributed by atoms with Gasteiger partial charge in [0, 0.05) is 19.2 Å². The van der Waals surface area contributed by atoms with Crippen LogP contribution < -0.4 is 0 Å². The van der Waals surface area contributed by atoms with Crippen LogP contribution in [0.25, 0.3) is 0 Å². The first-order chi connectivity index (χ1) is 8.05. The Kier molecular flexibility index (Phi) is 4.14. The van der Waals surface area contributed by atoms with E-state index in [1.165, 1.54) is 10.4 Å². The van der Waals surface area contributed by atoms with Crippen molar-refractivity contribution >= 4 is 37.6 Å². The van der Waals surface area contributed by atoms with Crippen molar-refractivity contribution in [1.29, 1.82) is 0 Å². The van der Waals surface area contributed by atoms with Crippen molar-refractivity contribution in [3.63, 3.8) is 0 Å². The third kappa shape index (κ3) is 2.68. The van der Waals surface area contributed by atoms with E-state index in [9.17, 15) is 8.42 Å². The van der Waals surface area contributed by atoms with Gasteiger partial charge in [0.05, 0.1) is 19.1 Å². The standard InChI is InChI=1S/C9H11BrClNO4S/c10-9-8(5-7(6-11)16-9)17(13,14)12-1-3-15-4-2-12/h5H,1-4,6H2. The number of nitrogens with zero attached hydrogens (tertiary/aromatic N) is 1. The molecular weight excluding hydrogens is 334 g/mol. The summed E-state index contributed by atoms with van der Waals surface area (Å²) in [6.07, 6.45) is 0. The maximum Gasteiger partial charge on any atom is 0.247 e. The topological polar surface area (TPSA) is 59.8 Å². The first-order valence-corrected chi connectivity index (χ1v) is 7.74. The van der Waals surface area contributed by atoms with E-state index < -0.39 is 10.0 Å². The van der Waals surface area contributed by atoms with E-state index >= 15 is 0 Å². The molecule has 2 heterocycles. The first kappa shape index (κ1) is 13.4. The molecule has 0 N–H and O–H groups in total. The Morgan fingerprint density at radius 1 is 1.41 bits per heavy atom. The summed E-state index contributed by atoms with van der Waals surface area (Å²) in [6.45, 7) is 1.54. The lowest BCUT2D eigenvalue weighted by atomic mass is 10.5. The molecule has 1 aliphatic heterocycles. The normalized spacial score (nSPS) is 18.5. The summed E-state index contributed by atoms with van der Waals surface area (Å²) < 4.78 is 36.4. The second-order valence-electron chi connectivity index (χ2n) is 3.50. The van der Waals surface area contributed by atoms with Crippen molar-refractivity contribution < 1.29 is 17.6 Å². The molecule has 1 aromatic heterocycles. The second kappa shape index (κ2) is 5.27. The minimum Gasteiger partial charge on any atom is -0.452 e. The van der Waals surface area contributed by atoms with Gasteiger partial charge in [0.25, 0.3) is 0 Å². The van der Waals surface area contributed by atoms with Crippen LogP contribution in [0.3, 0.4) is 0 Å². The number of sulfonamides is 1. The predicted molar refractivity (Wildman–Crippen MR) is 65.5 cm³/mol. The fraction of sp³-hybridized carbons (Fsp3) is 0.556. The van der Waals surface area contributed by atoms with Gasteiger partial charge in [0.1, 0.15) is 10.7 Å². The molecule has 0 atom stereocenters. The number of ether oxygens (including phenoxy) is 1. The molecule has 0 unspecified atom stereocenters. The highest BCUT2D eigenvalue weighted by Crippen LogP contribution is 2.29. The van der Waals surface area contributed by atoms with Crippen molar-refractivity contribution in [2.75, 3.05) is 26.3 Å². The van der Waals surface area contributed by atoms with Gasteiger partial charge in [-0.3, -0.25) is 0 Å². The van der Waals surface area contributed by atoms with Gasteiger partial charge in [0.15, 0.2) is 4.67 Å². The largest absolute Gasteiger partial charge is 0.452 e. The summed E-state index contributed by atoms with van der Waals surface area (Å²) in [5.74, 6) is 0.558. The van der Waals surface area contributed by atoms with Crippen molar-refractivity contribution in [3.05, 3.63) is 16.5 Å². The van der Waals surface area contributed by atoms with Gasteiger partial charge in [-0.15, -0.1) is 11.6 Å². The molecule has 5 nitrogen and oxygen atoms in total. The van der Waals surface area contributed by atoms with Gasteiger partial charge < -0.3 is 9.15 Å². The van der Waals surface area contributed by atoms with Crippen LogP contribution in [0.1, 0.15) is 5.76 Å². The molecule has 1 fully saturated rings. The van der Waals surface area contributed by atoms with Gasteiger partial charge in [-0.2, -0.15) is 4.31 Å². The molecule has 1 aliphatic rings. The summed E-state index contributed by atoms with van der Waals surface area (Å²) in [6, 6.07) is 1.45. The number of morpholine rings is 1. The number of furan rings is 1. The Hall–Kier alpha value is -0.0800. The fourth-order valence-electron chi connectivity index (χ4n) is 1.57. The monoisotopic (exact) mass is 343 g/mol. The van der Waals surface area contributed by atoms with Crippen LogP contribution in [-0.4, -0.2) is 39.0 Å². The molecule has 1 aromatic rings. The molecule has 0 aliphatic carbocycles. The van der Waals surface area contributed by atoms with Crippen molar-refractivity contribution in [1.82, 2.24) is 4.31 Å². The highest BCUT2D eigenvalue weighted by Gasteiger charge is 2.30. The number of hydrogen-bond donors (Lipinski definition) is 0. The zero-order chi connectivity index (χ0) is 12.5. The molecule has 0 spiro atoms. The molecule has 0 amide bonds. The van der Waals surface area contributed by atoms with Crippen molar-refractivity contribution in [3.8, 4) is 0 Å². The molecule has 1 saturated heterocycles. The first-order valence-electron chi connectivity index (χ1n) is 4.98. The molecule has 0 bridgehead atoms. The van der Waals surface area contributed by atoms with Gasteiger partial charge in [-0.05, 0) is 15.9 Å². The minimum atomic E-state index is -3.53. The van der Waals surface area contributed by atoms with E-state index in [4.69, 9.17) is 20.8 Å². The Morgan fingerprint density at radius 2 is 2.06 bits per heavy atom. The average Bonchev–Trinajstić information content (AvgIpc) is 2.72. The molecule has 0 aromatic carbocycles. The smallest absolute Gasteiger partial charge is 0.247 e. The Morgan fingerprint density at radius 3 is 2.59 bits per heavy atom. The van der Waals surface area contributed by atoms with Crippen molar-refractivity contribution in [2.24, 2.45) is 0 Å². The summed E-state index contributed by atoms with van der Waals surface area (Å²) in [5.41, 5.74) is 0. The molecule has 0 saturated carbocycles. The summed E-state index contributed by atoms with van der Waals surface area (Å²) in [4.78, 5) is 0.120. The summed E-state index contributed by atoms with van der Waals surface area (Å²) in [5, 5.41) is 0. The van der Waals surface area contributed by atoms with Gasteiger partial charge in [0.2, 0.25) is 10.0 Å². The Labute approximate surface area is 113 Å². The van der Waals surface area contributed by atoms with Crippen LogP contribution in [-0.2, 0) is 20.6 Å². The fourth-order valence-corrected chi connectivity index (χ4v) is 4.07. The summed E-state index contributed by atoms with van der Waals surface area (Å²) >= 11 is 8.70. The van der Waals surface area contributed by atoms with E-state index in [1.54, 1.807) is 0 Å². The number of halogens is 2. The van der Waals surface area contributed by atoms with Gasteiger partial charge in [-0.25, -0.2) is 8.42 Å². The third-order valence-corrected chi connectivity index (χ3v) is 5.45. The Balaban J connectivity index is 2.33. The molecule has 2 rings (SSSR count). The highest BCUT2D eigenvalue weighted by atomic mass is 79.9. The van der Waals surface area contributed by atoms with E-state index in [0.717, 1.165) is 0 Å². The van der Waals surface area contributed by atoms with Crippen LogP contribution in [0.2, 0.25) is 0 Å². The molecule has 8 heteroatoms. The average molecular weight is 345 g/mol. The lowest BCUT2D eigenvalue weighted by Gasteiger charge is -2.25. The minimum absolute atomic E-state index is 0.120. The maximum absolute atomic E-state index is 12.3. The molecule has 0 radical (unpaired) electrons. The van der Waals surface area contributed by atoms with Crippen LogP contribution in [0.5, 0.6) is 0 Å². The summed E-state index contributed by atoms with van der Waals surface area (Å²) in [7, 11) is -3.53. The zero-order valence-electron chi connectivity index (χ0n) is 8.86. The lowest BCUT2D eigenvalue weighted by molar-refractivity contribution is 0.0730. The predicted octanol–water partition coefficient (Wildman–Crippen LogP) is 1.80. The van der Waals surface area contributed by atoms with E-state index in [1.807, 2.05) is 0 Å². The lowest BCUT2D eigenvalue weighted by Crippen LogP contribution is -2.40. The third-order valence-electron chi connectivity index (χ3n) is 2.43. The van der Waals surface area contributed by atoms with E-state index in [2.05, 4.69) is 15.9 Å². The zero-order valence-corrected chi connectivity index (χ0v) is 12.0. The van der Waals surface area contributed by atoms with E-state index in [-0.39, 0.29) is 15.4 Å². The quantitative estimate of drug-likeness (QED) is 0.785. The van der Waals surface area contributed by atoms with Crippen LogP contribution in [0, 0.1) is 0 Å². The van der Waals surface area contributed by atoms with E-state index in [0.29, 0.717) is 32.1 Å². The van der Waals surface area contributed by atoms with Gasteiger partial charge >= 0.3 is 0 Å². The number of alkyl halides is 1. The van der Waals surface area contributed by atoms with Crippen LogP contribution in [0.15, 0.2) is 20.0 Å². The molecule has 17 heavy (non-hydrogen) atoms. The Bertz CT molecular complexity index is 495. The second-order valence-corrected chi connectivity index (χ2v) is 6.39. The maximum atomic E-state index is 12.3. The van der Waals surface area contributed by atoms with Crippen LogP contribution >= 0.6 is 27.5 Å². The highest BCUT2D eigenvalue weighted by molar-refractivity contribution is 9.10. The number of hydrogen-bond acceptors (Lipinski definition) is 4. The van der Waals surface area contributed by atoms with Crippen LogP contribution in [0.4, 0.5) is 0 Å². The molecule has 96 valence electrons. The van der Waals surface area contributed by atoms with Crippen molar-refractivity contribution in [2.45, 2.75) is 10.8 Å². The molecular formula is C9H11BrClNO4S.